The second kappa shape index (κ2) is 4.93. The number of oxazole rings is 1. The van der Waals surface area contributed by atoms with Gasteiger partial charge in [-0.05, 0) is 24.3 Å². The molecule has 0 radical (unpaired) electrons. The molecule has 0 aliphatic carbocycles. The molecule has 20 heavy (non-hydrogen) atoms. The molecule has 0 unspecified atom stereocenters. The standard InChI is InChI=1S/C13H8FN5O/c14-10-3-1-9(2-4-10)13-17-11(7-20-13)6-19-8-16-12(5-15)18-19/h1-4,7-8H,6H2. The summed E-state index contributed by atoms with van der Waals surface area (Å²) in [6.07, 6.45) is 2.94. The highest BCUT2D eigenvalue weighted by atomic mass is 19.1. The van der Waals surface area contributed by atoms with Gasteiger partial charge in [0.2, 0.25) is 5.89 Å². The fourth-order valence-electron chi connectivity index (χ4n) is 1.69. The summed E-state index contributed by atoms with van der Waals surface area (Å²) in [5.41, 5.74) is 1.33. The Morgan fingerprint density at radius 3 is 2.80 bits per heavy atom. The van der Waals surface area contributed by atoms with Gasteiger partial charge in [0.15, 0.2) is 0 Å². The van der Waals surface area contributed by atoms with Crippen molar-refractivity contribution in [1.82, 2.24) is 19.7 Å². The lowest BCUT2D eigenvalue weighted by molar-refractivity contribution is 0.569. The molecule has 0 aliphatic heterocycles. The summed E-state index contributed by atoms with van der Waals surface area (Å²) in [5.74, 6) is 0.194. The fraction of sp³-hybridized carbons (Fsp3) is 0.0769. The number of nitriles is 1. The second-order valence-electron chi connectivity index (χ2n) is 4.03. The summed E-state index contributed by atoms with van der Waals surface area (Å²) < 4.78 is 19.7. The first kappa shape index (κ1) is 12.0. The number of benzene rings is 1. The lowest BCUT2D eigenvalue weighted by atomic mass is 10.2. The molecule has 6 nitrogen and oxygen atoms in total. The van der Waals surface area contributed by atoms with E-state index in [0.29, 0.717) is 23.7 Å². The Morgan fingerprint density at radius 1 is 1.30 bits per heavy atom. The van der Waals surface area contributed by atoms with Crippen molar-refractivity contribution in [3.63, 3.8) is 0 Å². The van der Waals surface area contributed by atoms with Crippen LogP contribution in [0.1, 0.15) is 11.5 Å². The van der Waals surface area contributed by atoms with E-state index >= 15 is 0 Å². The average Bonchev–Trinajstić information content (AvgIpc) is 3.09. The summed E-state index contributed by atoms with van der Waals surface area (Å²) in [5, 5.41) is 12.6. The molecule has 0 spiro atoms. The van der Waals surface area contributed by atoms with Gasteiger partial charge in [-0.25, -0.2) is 19.0 Å². The molecule has 1 aromatic carbocycles. The van der Waals surface area contributed by atoms with E-state index in [9.17, 15) is 4.39 Å². The van der Waals surface area contributed by atoms with Crippen LogP contribution in [0.5, 0.6) is 0 Å². The molecule has 0 amide bonds. The largest absolute Gasteiger partial charge is 0.444 e. The number of halogens is 1. The van der Waals surface area contributed by atoms with E-state index in [1.807, 2.05) is 6.07 Å². The molecule has 0 aliphatic rings. The Bertz CT molecular complexity index is 769. The van der Waals surface area contributed by atoms with Crippen LogP contribution >= 0.6 is 0 Å². The monoisotopic (exact) mass is 269 g/mol. The lowest BCUT2D eigenvalue weighted by Crippen LogP contribution is -2.00. The van der Waals surface area contributed by atoms with Crippen LogP contribution < -0.4 is 0 Å². The number of hydrogen-bond acceptors (Lipinski definition) is 5. The molecular formula is C13H8FN5O. The molecular weight excluding hydrogens is 261 g/mol. The van der Waals surface area contributed by atoms with Gasteiger partial charge >= 0.3 is 0 Å². The molecule has 0 fully saturated rings. The highest BCUT2D eigenvalue weighted by molar-refractivity contribution is 5.52. The van der Waals surface area contributed by atoms with E-state index in [2.05, 4.69) is 15.1 Å². The minimum absolute atomic E-state index is 0.104. The van der Waals surface area contributed by atoms with Gasteiger partial charge in [0.05, 0.1) is 6.54 Å². The van der Waals surface area contributed by atoms with Gasteiger partial charge in [-0.3, -0.25) is 0 Å². The maximum atomic E-state index is 12.8. The molecule has 0 N–H and O–H groups in total. The Labute approximate surface area is 113 Å². The molecule has 0 saturated carbocycles. The van der Waals surface area contributed by atoms with E-state index in [0.717, 1.165) is 0 Å². The topological polar surface area (TPSA) is 80.5 Å². The molecule has 7 heteroatoms. The minimum Gasteiger partial charge on any atom is -0.444 e. The van der Waals surface area contributed by atoms with Gasteiger partial charge in [0.25, 0.3) is 5.82 Å². The minimum atomic E-state index is -0.313. The van der Waals surface area contributed by atoms with Gasteiger partial charge in [0.1, 0.15) is 30.2 Å². The highest BCUT2D eigenvalue weighted by Gasteiger charge is 2.08. The smallest absolute Gasteiger partial charge is 0.252 e. The number of hydrogen-bond donors (Lipinski definition) is 0. The van der Waals surface area contributed by atoms with Crippen LogP contribution in [0.2, 0.25) is 0 Å². The molecule has 0 saturated heterocycles. The molecule has 0 atom stereocenters. The molecule has 3 aromatic rings. The van der Waals surface area contributed by atoms with Gasteiger partial charge in [-0.1, -0.05) is 0 Å². The molecule has 98 valence electrons. The third-order valence-corrected chi connectivity index (χ3v) is 2.60. The summed E-state index contributed by atoms with van der Waals surface area (Å²) in [7, 11) is 0. The first-order chi connectivity index (χ1) is 9.74. The summed E-state index contributed by atoms with van der Waals surface area (Å²) >= 11 is 0. The van der Waals surface area contributed by atoms with Crippen molar-refractivity contribution in [3.8, 4) is 17.5 Å². The van der Waals surface area contributed by atoms with Crippen LogP contribution in [-0.2, 0) is 6.54 Å². The third-order valence-electron chi connectivity index (χ3n) is 2.60. The van der Waals surface area contributed by atoms with Crippen LogP contribution in [-0.4, -0.2) is 19.7 Å². The predicted molar refractivity (Wildman–Crippen MR) is 65.7 cm³/mol. The second-order valence-corrected chi connectivity index (χ2v) is 4.03. The normalized spacial score (nSPS) is 10.4. The van der Waals surface area contributed by atoms with Gasteiger partial charge in [0, 0.05) is 5.56 Å². The Balaban J connectivity index is 1.80. The van der Waals surface area contributed by atoms with Crippen molar-refractivity contribution in [2.24, 2.45) is 0 Å². The van der Waals surface area contributed by atoms with E-state index in [-0.39, 0.29) is 11.6 Å². The van der Waals surface area contributed by atoms with Crippen molar-refractivity contribution in [3.05, 3.63) is 54.2 Å². The SMILES string of the molecule is N#Cc1ncn(Cc2coc(-c3ccc(F)cc3)n2)n1. The summed E-state index contributed by atoms with van der Waals surface area (Å²) in [4.78, 5) is 8.08. The van der Waals surface area contributed by atoms with Gasteiger partial charge in [-0.15, -0.1) is 5.10 Å². The quantitative estimate of drug-likeness (QED) is 0.726. The highest BCUT2D eigenvalue weighted by Crippen LogP contribution is 2.19. The molecule has 0 bridgehead atoms. The van der Waals surface area contributed by atoms with E-state index in [4.69, 9.17) is 9.68 Å². The third kappa shape index (κ3) is 2.40. The Morgan fingerprint density at radius 2 is 2.10 bits per heavy atom. The van der Waals surface area contributed by atoms with Crippen LogP contribution in [0, 0.1) is 17.1 Å². The lowest BCUT2D eigenvalue weighted by Gasteiger charge is -1.95. The predicted octanol–water partition coefficient (Wildman–Crippen LogP) is 1.99. The zero-order valence-corrected chi connectivity index (χ0v) is 10.2. The average molecular weight is 269 g/mol. The van der Waals surface area contributed by atoms with Gasteiger partial charge in [-0.2, -0.15) is 5.26 Å². The van der Waals surface area contributed by atoms with Crippen LogP contribution in [0.3, 0.4) is 0 Å². The maximum Gasteiger partial charge on any atom is 0.252 e. The summed E-state index contributed by atoms with van der Waals surface area (Å²) in [6, 6.07) is 7.72. The molecule has 3 rings (SSSR count). The first-order valence-corrected chi connectivity index (χ1v) is 5.74. The first-order valence-electron chi connectivity index (χ1n) is 5.74. The van der Waals surface area contributed by atoms with Crippen molar-refractivity contribution in [1.29, 1.82) is 5.26 Å². The maximum absolute atomic E-state index is 12.8. The van der Waals surface area contributed by atoms with Crippen molar-refractivity contribution < 1.29 is 8.81 Å². The zero-order chi connectivity index (χ0) is 13.9. The number of nitrogens with zero attached hydrogens (tertiary/aromatic N) is 5. The van der Waals surface area contributed by atoms with Crippen molar-refractivity contribution in [2.75, 3.05) is 0 Å². The fourth-order valence-corrected chi connectivity index (χ4v) is 1.69. The van der Waals surface area contributed by atoms with Gasteiger partial charge < -0.3 is 4.42 Å². The van der Waals surface area contributed by atoms with Crippen LogP contribution in [0.4, 0.5) is 4.39 Å². The number of aromatic nitrogens is 4. The Kier molecular flexibility index (Phi) is 2.97. The van der Waals surface area contributed by atoms with E-state index in [1.54, 1.807) is 12.1 Å². The van der Waals surface area contributed by atoms with Crippen LogP contribution in [0.15, 0.2) is 41.3 Å². The zero-order valence-electron chi connectivity index (χ0n) is 10.2. The van der Waals surface area contributed by atoms with Crippen molar-refractivity contribution >= 4 is 0 Å². The Hall–Kier alpha value is -3.01. The molecule has 2 heterocycles. The van der Waals surface area contributed by atoms with Crippen molar-refractivity contribution in [2.45, 2.75) is 6.54 Å². The van der Waals surface area contributed by atoms with E-state index < -0.39 is 0 Å². The van der Waals surface area contributed by atoms with E-state index in [1.165, 1.54) is 29.4 Å². The summed E-state index contributed by atoms with van der Waals surface area (Å²) in [6.45, 7) is 0.347. The molecule has 2 aromatic heterocycles. The number of rotatable bonds is 3. The van der Waals surface area contributed by atoms with Crippen LogP contribution in [0.25, 0.3) is 11.5 Å².